The van der Waals surface area contributed by atoms with E-state index in [1.165, 1.54) is 20.0 Å². The first-order valence-corrected chi connectivity index (χ1v) is 13.2. The van der Waals surface area contributed by atoms with Crippen molar-refractivity contribution in [2.75, 3.05) is 6.54 Å². The monoisotopic (exact) mass is 512 g/mol. The summed E-state index contributed by atoms with van der Waals surface area (Å²) in [6.07, 6.45) is 0.529. The van der Waals surface area contributed by atoms with Crippen LogP contribution in [0.2, 0.25) is 0 Å². The summed E-state index contributed by atoms with van der Waals surface area (Å²) >= 11 is 1.68. The van der Waals surface area contributed by atoms with Crippen molar-refractivity contribution in [3.63, 3.8) is 0 Å². The maximum Gasteiger partial charge on any atom is 0.248 e. The lowest BCUT2D eigenvalue weighted by molar-refractivity contribution is -0.143. The Bertz CT molecular complexity index is 1180. The fraction of sp³-hybridized carbons (Fsp3) is 0.444. The molecule has 0 bridgehead atoms. The molecule has 0 spiro atoms. The van der Waals surface area contributed by atoms with E-state index in [1.807, 2.05) is 45.0 Å². The lowest BCUT2D eigenvalue weighted by Gasteiger charge is -2.31. The van der Waals surface area contributed by atoms with Crippen LogP contribution in [0, 0.1) is 12.8 Å². The van der Waals surface area contributed by atoms with Gasteiger partial charge in [-0.1, -0.05) is 45.0 Å². The molecule has 36 heavy (non-hydrogen) atoms. The zero-order valence-corrected chi connectivity index (χ0v) is 21.8. The summed E-state index contributed by atoms with van der Waals surface area (Å²) in [5.74, 6) is -1.19. The quantitative estimate of drug-likeness (QED) is 0.471. The van der Waals surface area contributed by atoms with Gasteiger partial charge in [0.1, 0.15) is 18.2 Å². The highest BCUT2D eigenvalue weighted by Gasteiger charge is 2.50. The average molecular weight is 513 g/mol. The normalized spacial score (nSPS) is 21.5. The van der Waals surface area contributed by atoms with Gasteiger partial charge in [-0.15, -0.1) is 11.3 Å². The predicted molar refractivity (Wildman–Crippen MR) is 138 cm³/mol. The molecule has 1 aromatic carbocycles. The number of aliphatic hydroxyl groups excluding tert-OH is 1. The van der Waals surface area contributed by atoms with Crippen molar-refractivity contribution in [3.8, 4) is 10.4 Å². The lowest BCUT2D eigenvalue weighted by atomic mass is 10.00. The first kappa shape index (κ1) is 26.0. The van der Waals surface area contributed by atoms with Crippen molar-refractivity contribution in [2.45, 2.75) is 64.5 Å². The molecule has 3 aromatic rings. The molecular formula is C27H33FN4O3S. The molecule has 0 unspecified atom stereocenters. The van der Waals surface area contributed by atoms with Gasteiger partial charge in [-0.2, -0.15) is 5.10 Å². The van der Waals surface area contributed by atoms with E-state index < -0.39 is 36.2 Å². The van der Waals surface area contributed by atoms with Crippen molar-refractivity contribution in [2.24, 2.45) is 5.92 Å². The molecule has 3 heterocycles. The Labute approximate surface area is 214 Å². The van der Waals surface area contributed by atoms with E-state index in [0.717, 1.165) is 11.1 Å². The smallest absolute Gasteiger partial charge is 0.248 e. The Morgan fingerprint density at radius 3 is 2.53 bits per heavy atom. The van der Waals surface area contributed by atoms with Gasteiger partial charge in [-0.05, 0) is 53.5 Å². The second kappa shape index (κ2) is 10.9. The van der Waals surface area contributed by atoms with Crippen LogP contribution in [0.5, 0.6) is 0 Å². The molecule has 1 saturated heterocycles. The summed E-state index contributed by atoms with van der Waals surface area (Å²) in [5, 5.41) is 19.4. The van der Waals surface area contributed by atoms with Gasteiger partial charge >= 0.3 is 0 Å². The van der Waals surface area contributed by atoms with Gasteiger partial charge < -0.3 is 15.3 Å². The maximum absolute atomic E-state index is 15.1. The number of thiophene rings is 1. The molecule has 7 nitrogen and oxygen atoms in total. The van der Waals surface area contributed by atoms with Crippen molar-refractivity contribution >= 4 is 23.2 Å². The summed E-state index contributed by atoms with van der Waals surface area (Å²) in [6, 6.07) is 9.29. The molecular weight excluding hydrogens is 479 g/mol. The number of halogens is 1. The number of alkyl halides is 1. The maximum atomic E-state index is 15.1. The molecule has 5 atom stereocenters. The highest BCUT2D eigenvalue weighted by Crippen LogP contribution is 2.31. The van der Waals surface area contributed by atoms with Crippen LogP contribution in [0.3, 0.4) is 0 Å². The number of likely N-dealkylation sites (tertiary alicyclic amines) is 1. The summed E-state index contributed by atoms with van der Waals surface area (Å²) < 4.78 is 16.6. The van der Waals surface area contributed by atoms with Gasteiger partial charge in [0, 0.05) is 17.3 Å². The second-order valence-corrected chi connectivity index (χ2v) is 10.6. The predicted octanol–water partition coefficient (Wildman–Crippen LogP) is 4.29. The molecule has 0 radical (unpaired) electrons. The Hall–Kier alpha value is -3.04. The molecule has 1 aliphatic heterocycles. The number of nitrogens with zero attached hydrogens (tertiary/aromatic N) is 3. The summed E-state index contributed by atoms with van der Waals surface area (Å²) in [4.78, 5) is 29.2. The molecule has 2 amide bonds. The number of β-amino-alcohol motifs (C(OH)–C–C–N with tert-alkyl or cyclic N) is 1. The van der Waals surface area contributed by atoms with Crippen LogP contribution in [0.15, 0.2) is 54.2 Å². The zero-order chi connectivity index (χ0) is 26.0. The Morgan fingerprint density at radius 2 is 1.97 bits per heavy atom. The summed E-state index contributed by atoms with van der Waals surface area (Å²) in [7, 11) is 0. The zero-order valence-electron chi connectivity index (χ0n) is 21.0. The molecule has 1 aliphatic rings. The van der Waals surface area contributed by atoms with E-state index in [2.05, 4.69) is 28.8 Å². The largest absolute Gasteiger partial charge is 0.388 e. The number of hydrogen-bond acceptors (Lipinski definition) is 5. The van der Waals surface area contributed by atoms with Gasteiger partial charge in [0.2, 0.25) is 11.8 Å². The van der Waals surface area contributed by atoms with Crippen LogP contribution in [0.25, 0.3) is 10.4 Å². The molecule has 192 valence electrons. The SMILES string of the molecule is CC[C@H](NC(=O)[C@@H]1[C@@H](F)[C@@H](O)CN1C(=O)[C@H](C(C)C)n1cccn1)c1ccc(-c2sccc2C)cc1. The van der Waals surface area contributed by atoms with E-state index in [4.69, 9.17) is 0 Å². The number of aryl methyl sites for hydroxylation is 1. The van der Waals surface area contributed by atoms with Gasteiger partial charge in [0.25, 0.3) is 0 Å². The first-order valence-electron chi connectivity index (χ1n) is 12.3. The van der Waals surface area contributed by atoms with Crippen molar-refractivity contribution in [1.29, 1.82) is 0 Å². The fourth-order valence-corrected chi connectivity index (χ4v) is 5.78. The van der Waals surface area contributed by atoms with Gasteiger partial charge in [-0.25, -0.2) is 4.39 Å². The Balaban J connectivity index is 1.53. The van der Waals surface area contributed by atoms with Crippen LogP contribution < -0.4 is 5.32 Å². The van der Waals surface area contributed by atoms with Gasteiger partial charge in [0.15, 0.2) is 6.17 Å². The molecule has 0 saturated carbocycles. The van der Waals surface area contributed by atoms with Crippen LogP contribution >= 0.6 is 11.3 Å². The molecule has 9 heteroatoms. The second-order valence-electron chi connectivity index (χ2n) is 9.65. The number of aliphatic hydroxyl groups is 1. The highest BCUT2D eigenvalue weighted by atomic mass is 32.1. The van der Waals surface area contributed by atoms with E-state index in [-0.39, 0.29) is 18.5 Å². The number of rotatable bonds is 8. The van der Waals surface area contributed by atoms with E-state index >= 15 is 4.39 Å². The third-order valence-corrected chi connectivity index (χ3v) is 7.86. The highest BCUT2D eigenvalue weighted by molar-refractivity contribution is 7.13. The molecule has 2 aromatic heterocycles. The lowest BCUT2D eigenvalue weighted by Crippen LogP contribution is -2.52. The van der Waals surface area contributed by atoms with Crippen molar-refractivity contribution in [3.05, 3.63) is 65.3 Å². The third kappa shape index (κ3) is 5.08. The standard InChI is InChI=1S/C27H33FN4O3S/c1-5-20(18-7-9-19(10-8-18)25-17(4)11-14-36-25)30-26(34)24-22(28)21(33)15-31(24)27(35)23(16(2)3)32-13-6-12-29-32/h6-14,16,20-24,33H,5,15H2,1-4H3,(H,30,34)/t20-,21-,22-,23-,24-/m0/s1. The van der Waals surface area contributed by atoms with Crippen molar-refractivity contribution < 1.29 is 19.1 Å². The fourth-order valence-electron chi connectivity index (χ4n) is 4.84. The van der Waals surface area contributed by atoms with Crippen LogP contribution in [-0.2, 0) is 9.59 Å². The average Bonchev–Trinajstić information content (AvgIpc) is 3.59. The number of benzene rings is 1. The van der Waals surface area contributed by atoms with Gasteiger partial charge in [-0.3, -0.25) is 14.3 Å². The Morgan fingerprint density at radius 1 is 1.25 bits per heavy atom. The third-order valence-electron chi connectivity index (χ3n) is 6.80. The van der Waals surface area contributed by atoms with Crippen LogP contribution in [0.4, 0.5) is 4.39 Å². The molecule has 1 fully saturated rings. The number of carbonyl (C=O) groups is 2. The number of carbonyl (C=O) groups excluding carboxylic acids is 2. The minimum Gasteiger partial charge on any atom is -0.388 e. The van der Waals surface area contributed by atoms with E-state index in [0.29, 0.717) is 6.42 Å². The van der Waals surface area contributed by atoms with Crippen LogP contribution in [-0.4, -0.2) is 56.5 Å². The minimum atomic E-state index is -1.87. The molecule has 0 aliphatic carbocycles. The van der Waals surface area contributed by atoms with Crippen LogP contribution in [0.1, 0.15) is 50.4 Å². The van der Waals surface area contributed by atoms with Gasteiger partial charge in [0.05, 0.1) is 12.6 Å². The number of nitrogens with one attached hydrogen (secondary N) is 1. The van der Waals surface area contributed by atoms with E-state index in [1.54, 1.807) is 29.8 Å². The number of amides is 2. The summed E-state index contributed by atoms with van der Waals surface area (Å²) in [6.45, 7) is 7.50. The molecule has 4 rings (SSSR count). The van der Waals surface area contributed by atoms with E-state index in [9.17, 15) is 14.7 Å². The number of aromatic nitrogens is 2. The minimum absolute atomic E-state index is 0.147. The van der Waals surface area contributed by atoms with Crippen molar-refractivity contribution in [1.82, 2.24) is 20.0 Å². The first-order chi connectivity index (χ1) is 17.2. The summed E-state index contributed by atoms with van der Waals surface area (Å²) in [5.41, 5.74) is 3.21. The molecule has 2 N–H and O–H groups in total. The number of hydrogen-bond donors (Lipinski definition) is 2. The topological polar surface area (TPSA) is 87.5 Å². The Kier molecular flexibility index (Phi) is 7.90.